The van der Waals surface area contributed by atoms with Crippen LogP contribution in [0.2, 0.25) is 0 Å². The highest BCUT2D eigenvalue weighted by Gasteiger charge is 2.60. The van der Waals surface area contributed by atoms with Gasteiger partial charge < -0.3 is 5.11 Å². The number of hydrogen-bond acceptors (Lipinski definition) is 1. The third-order valence-electron chi connectivity index (χ3n) is 3.40. The lowest BCUT2D eigenvalue weighted by atomic mass is 9.74. The summed E-state index contributed by atoms with van der Waals surface area (Å²) < 4.78 is 52.0. The van der Waals surface area contributed by atoms with Gasteiger partial charge in [-0.25, -0.2) is 4.39 Å². The second-order valence-electron chi connectivity index (χ2n) is 4.59. The molecule has 0 aromatic rings. The van der Waals surface area contributed by atoms with Gasteiger partial charge in [0.1, 0.15) is 0 Å². The second kappa shape index (κ2) is 5.23. The smallest absolute Gasteiger partial charge is 0.422 e. The van der Waals surface area contributed by atoms with Crippen LogP contribution in [0.4, 0.5) is 17.6 Å². The molecule has 0 aromatic carbocycles. The third-order valence-corrected chi connectivity index (χ3v) is 3.40. The van der Waals surface area contributed by atoms with Crippen molar-refractivity contribution in [2.24, 2.45) is 5.92 Å². The van der Waals surface area contributed by atoms with Gasteiger partial charge in [0.2, 0.25) is 5.67 Å². The van der Waals surface area contributed by atoms with E-state index in [2.05, 4.69) is 0 Å². The van der Waals surface area contributed by atoms with E-state index in [4.69, 9.17) is 5.11 Å². The molecule has 0 amide bonds. The van der Waals surface area contributed by atoms with Crippen LogP contribution in [0.15, 0.2) is 0 Å². The number of alkyl halides is 4. The lowest BCUT2D eigenvalue weighted by Gasteiger charge is -2.39. The Labute approximate surface area is 97.0 Å². The largest absolute Gasteiger partial charge is 0.481 e. The van der Waals surface area contributed by atoms with Gasteiger partial charge in [0, 0.05) is 12.3 Å². The van der Waals surface area contributed by atoms with Crippen molar-refractivity contribution in [3.63, 3.8) is 0 Å². The summed E-state index contributed by atoms with van der Waals surface area (Å²) in [7, 11) is 0. The predicted octanol–water partition coefficient (Wildman–Crippen LogP) is 3.70. The lowest BCUT2D eigenvalue weighted by Crippen LogP contribution is -2.49. The summed E-state index contributed by atoms with van der Waals surface area (Å²) in [6.45, 7) is 0. The Balaban J connectivity index is 2.63. The van der Waals surface area contributed by atoms with Gasteiger partial charge in [-0.3, -0.25) is 4.79 Å². The van der Waals surface area contributed by atoms with E-state index in [0.29, 0.717) is 6.42 Å². The Morgan fingerprint density at radius 1 is 1.35 bits per heavy atom. The fourth-order valence-corrected chi connectivity index (χ4v) is 2.45. The van der Waals surface area contributed by atoms with Crippen molar-refractivity contribution in [2.75, 3.05) is 0 Å². The number of rotatable bonds is 4. The number of aliphatic carboxylic acids is 1. The molecule has 0 spiro atoms. The van der Waals surface area contributed by atoms with Gasteiger partial charge in [-0.2, -0.15) is 13.2 Å². The molecular formula is C11H16F4O2. The van der Waals surface area contributed by atoms with Gasteiger partial charge in [0.15, 0.2) is 0 Å². The summed E-state index contributed by atoms with van der Waals surface area (Å²) in [6.07, 6.45) is -4.44. The van der Waals surface area contributed by atoms with E-state index in [-0.39, 0.29) is 32.1 Å². The molecule has 1 fully saturated rings. The summed E-state index contributed by atoms with van der Waals surface area (Å²) >= 11 is 0. The first kappa shape index (κ1) is 14.3. The maximum atomic E-state index is 14.0. The summed E-state index contributed by atoms with van der Waals surface area (Å²) in [5.74, 6) is -2.15. The number of carboxylic acid groups (broad SMARTS) is 1. The Hall–Kier alpha value is -0.810. The quantitative estimate of drug-likeness (QED) is 0.779. The number of carboxylic acids is 1. The molecule has 1 N–H and O–H groups in total. The lowest BCUT2D eigenvalue weighted by molar-refractivity contribution is -0.258. The van der Waals surface area contributed by atoms with Crippen LogP contribution in [0.25, 0.3) is 0 Å². The average molecular weight is 256 g/mol. The first-order valence-corrected chi connectivity index (χ1v) is 5.75. The monoisotopic (exact) mass is 256 g/mol. The van der Waals surface area contributed by atoms with Gasteiger partial charge in [-0.1, -0.05) is 6.42 Å². The molecule has 0 saturated heterocycles. The summed E-state index contributed by atoms with van der Waals surface area (Å²) in [4.78, 5) is 10.3. The molecule has 17 heavy (non-hydrogen) atoms. The highest BCUT2D eigenvalue weighted by Crippen LogP contribution is 2.49. The van der Waals surface area contributed by atoms with E-state index < -0.39 is 30.2 Å². The van der Waals surface area contributed by atoms with E-state index in [1.165, 1.54) is 0 Å². The molecule has 1 rings (SSSR count). The molecule has 0 heterocycles. The van der Waals surface area contributed by atoms with Crippen LogP contribution in [-0.2, 0) is 4.79 Å². The Morgan fingerprint density at radius 3 is 2.53 bits per heavy atom. The fraction of sp³-hybridized carbons (Fsp3) is 0.909. The predicted molar refractivity (Wildman–Crippen MR) is 53.3 cm³/mol. The molecule has 1 aliphatic rings. The van der Waals surface area contributed by atoms with Gasteiger partial charge in [-0.15, -0.1) is 0 Å². The Bertz CT molecular complexity index is 277. The van der Waals surface area contributed by atoms with Crippen molar-refractivity contribution in [3.8, 4) is 0 Å². The van der Waals surface area contributed by atoms with Gasteiger partial charge >= 0.3 is 12.1 Å². The van der Waals surface area contributed by atoms with E-state index in [9.17, 15) is 22.4 Å². The second-order valence-corrected chi connectivity index (χ2v) is 4.59. The molecule has 0 radical (unpaired) electrons. The van der Waals surface area contributed by atoms with Crippen LogP contribution in [-0.4, -0.2) is 22.9 Å². The minimum absolute atomic E-state index is 0.0116. The van der Waals surface area contributed by atoms with Crippen LogP contribution in [0.3, 0.4) is 0 Å². The van der Waals surface area contributed by atoms with E-state index in [1.54, 1.807) is 0 Å². The molecule has 1 aliphatic carbocycles. The van der Waals surface area contributed by atoms with E-state index in [0.717, 1.165) is 0 Å². The van der Waals surface area contributed by atoms with Gasteiger partial charge in [-0.05, 0) is 32.1 Å². The van der Waals surface area contributed by atoms with Crippen molar-refractivity contribution in [1.82, 2.24) is 0 Å². The first-order chi connectivity index (χ1) is 7.77. The van der Waals surface area contributed by atoms with E-state index in [1.807, 2.05) is 0 Å². The summed E-state index contributed by atoms with van der Waals surface area (Å²) in [5.41, 5.74) is -3.12. The van der Waals surface area contributed by atoms with Crippen molar-refractivity contribution >= 4 is 5.97 Å². The van der Waals surface area contributed by atoms with Gasteiger partial charge in [0.05, 0.1) is 0 Å². The van der Waals surface area contributed by atoms with Crippen molar-refractivity contribution in [3.05, 3.63) is 0 Å². The summed E-state index contributed by atoms with van der Waals surface area (Å²) in [6, 6.07) is 0. The van der Waals surface area contributed by atoms with Crippen LogP contribution in [0.5, 0.6) is 0 Å². The average Bonchev–Trinajstić information content (AvgIpc) is 2.19. The molecule has 2 nitrogen and oxygen atoms in total. The van der Waals surface area contributed by atoms with Crippen molar-refractivity contribution in [1.29, 1.82) is 0 Å². The molecule has 2 unspecified atom stereocenters. The molecule has 100 valence electrons. The third kappa shape index (κ3) is 3.33. The molecular weight excluding hydrogens is 240 g/mol. The minimum Gasteiger partial charge on any atom is -0.481 e. The SMILES string of the molecule is O=C(O)CCCC1CCCCC1(F)C(F)(F)F. The molecule has 0 bridgehead atoms. The maximum Gasteiger partial charge on any atom is 0.422 e. The van der Waals surface area contributed by atoms with E-state index >= 15 is 0 Å². The highest BCUT2D eigenvalue weighted by molar-refractivity contribution is 5.66. The zero-order valence-electron chi connectivity index (χ0n) is 9.39. The molecule has 6 heteroatoms. The number of hydrogen-bond donors (Lipinski definition) is 1. The van der Waals surface area contributed by atoms with Gasteiger partial charge in [0.25, 0.3) is 0 Å². The van der Waals surface area contributed by atoms with Crippen LogP contribution in [0, 0.1) is 5.92 Å². The molecule has 0 aromatic heterocycles. The highest BCUT2D eigenvalue weighted by atomic mass is 19.4. The summed E-state index contributed by atoms with van der Waals surface area (Å²) in [5, 5.41) is 8.42. The Kier molecular flexibility index (Phi) is 4.38. The maximum absolute atomic E-state index is 14.0. The van der Waals surface area contributed by atoms with Crippen LogP contribution < -0.4 is 0 Å². The standard InChI is InChI=1S/C11H16F4O2/c12-10(11(13,14)15)7-2-1-4-8(10)5-3-6-9(16)17/h8H,1-7H2,(H,16,17). The topological polar surface area (TPSA) is 37.3 Å². The molecule has 2 atom stereocenters. The minimum atomic E-state index is -4.85. The molecule has 1 saturated carbocycles. The normalized spacial score (nSPS) is 30.2. The number of carbonyl (C=O) groups is 1. The number of halogens is 4. The zero-order valence-corrected chi connectivity index (χ0v) is 9.39. The zero-order chi connectivity index (χ0) is 13.1. The fourth-order valence-electron chi connectivity index (χ4n) is 2.45. The van der Waals surface area contributed by atoms with Crippen LogP contribution in [0.1, 0.15) is 44.9 Å². The van der Waals surface area contributed by atoms with Crippen molar-refractivity contribution in [2.45, 2.75) is 56.8 Å². The molecule has 0 aliphatic heterocycles. The first-order valence-electron chi connectivity index (χ1n) is 5.75. The Morgan fingerprint density at radius 2 is 2.00 bits per heavy atom. The van der Waals surface area contributed by atoms with Crippen LogP contribution >= 0.6 is 0 Å². The van der Waals surface area contributed by atoms with Crippen molar-refractivity contribution < 1.29 is 27.5 Å².